The lowest BCUT2D eigenvalue weighted by molar-refractivity contribution is -0.131. The Balaban J connectivity index is 1.50. The van der Waals surface area contributed by atoms with Crippen LogP contribution in [0.4, 0.5) is 0 Å². The third-order valence-electron chi connectivity index (χ3n) is 6.86. The van der Waals surface area contributed by atoms with E-state index < -0.39 is 0 Å². The number of piperidine rings is 1. The summed E-state index contributed by atoms with van der Waals surface area (Å²) in [5.41, 5.74) is 1.89. The van der Waals surface area contributed by atoms with Crippen LogP contribution in [0.25, 0.3) is 0 Å². The van der Waals surface area contributed by atoms with Gasteiger partial charge in [0.15, 0.2) is 0 Å². The molecule has 0 N–H and O–H groups in total. The van der Waals surface area contributed by atoms with Gasteiger partial charge in [0.05, 0.1) is 4.88 Å². The molecular formula is C25H32N2O3S. The number of carbonyl (C=O) groups excluding carboxylic acids is 2. The van der Waals surface area contributed by atoms with Crippen molar-refractivity contribution in [1.29, 1.82) is 0 Å². The van der Waals surface area contributed by atoms with Crippen LogP contribution in [0, 0.1) is 6.92 Å². The van der Waals surface area contributed by atoms with E-state index in [0.717, 1.165) is 54.1 Å². The average Bonchev–Trinajstić information content (AvgIpc) is 3.20. The lowest BCUT2D eigenvalue weighted by Gasteiger charge is -2.47. The van der Waals surface area contributed by atoms with E-state index in [1.807, 2.05) is 60.2 Å². The summed E-state index contributed by atoms with van der Waals surface area (Å²) < 4.78 is 6.57. The number of likely N-dealkylation sites (tertiary alicyclic amines) is 1. The molecule has 2 aromatic rings. The van der Waals surface area contributed by atoms with Crippen molar-refractivity contribution in [2.45, 2.75) is 58.0 Å². The molecule has 3 heterocycles. The summed E-state index contributed by atoms with van der Waals surface area (Å²) in [5, 5.41) is 1.98. The number of nitrogens with zero attached hydrogens (tertiary/aromatic N) is 2. The summed E-state index contributed by atoms with van der Waals surface area (Å²) in [6.45, 7) is 8.92. The SMILES string of the molecule is CCN(CC)C(=O)C[C@H]1CC2(CCN(C(=O)c3sccc3C)CC2)Oc2ccccc21. The summed E-state index contributed by atoms with van der Waals surface area (Å²) in [7, 11) is 0. The smallest absolute Gasteiger partial charge is 0.264 e. The first-order chi connectivity index (χ1) is 15.0. The summed E-state index contributed by atoms with van der Waals surface area (Å²) in [4.78, 5) is 30.6. The number of ether oxygens (including phenoxy) is 1. The van der Waals surface area contributed by atoms with Crippen LogP contribution in [0.5, 0.6) is 5.75 Å². The third-order valence-corrected chi connectivity index (χ3v) is 7.86. The fourth-order valence-corrected chi connectivity index (χ4v) is 5.89. The van der Waals surface area contributed by atoms with Crippen molar-refractivity contribution < 1.29 is 14.3 Å². The topological polar surface area (TPSA) is 49.9 Å². The minimum absolute atomic E-state index is 0.131. The maximum absolute atomic E-state index is 12.9. The number of thiophene rings is 1. The molecule has 1 atom stereocenters. The highest BCUT2D eigenvalue weighted by atomic mass is 32.1. The second kappa shape index (κ2) is 9.03. The molecule has 0 aliphatic carbocycles. The number of benzene rings is 1. The lowest BCUT2D eigenvalue weighted by atomic mass is 9.76. The number of para-hydroxylation sites is 1. The maximum atomic E-state index is 12.9. The summed E-state index contributed by atoms with van der Waals surface area (Å²) >= 11 is 1.52. The third kappa shape index (κ3) is 4.36. The van der Waals surface area contributed by atoms with E-state index in [1.54, 1.807) is 0 Å². The molecule has 1 spiro atoms. The van der Waals surface area contributed by atoms with Gasteiger partial charge in [-0.1, -0.05) is 18.2 Å². The molecule has 1 saturated heterocycles. The van der Waals surface area contributed by atoms with Crippen molar-refractivity contribution in [1.82, 2.24) is 9.80 Å². The van der Waals surface area contributed by atoms with Gasteiger partial charge in [-0.25, -0.2) is 0 Å². The Bertz CT molecular complexity index is 942. The minimum atomic E-state index is -0.302. The number of rotatable bonds is 5. The number of aryl methyl sites for hydroxylation is 1. The van der Waals surface area contributed by atoms with Crippen molar-refractivity contribution >= 4 is 23.2 Å². The van der Waals surface area contributed by atoms with Gasteiger partial charge in [0.1, 0.15) is 11.4 Å². The Kier molecular flexibility index (Phi) is 6.37. The van der Waals surface area contributed by atoms with Gasteiger partial charge >= 0.3 is 0 Å². The van der Waals surface area contributed by atoms with Crippen LogP contribution in [0.3, 0.4) is 0 Å². The Morgan fingerprint density at radius 2 is 1.87 bits per heavy atom. The van der Waals surface area contributed by atoms with E-state index in [0.29, 0.717) is 19.5 Å². The zero-order valence-corrected chi connectivity index (χ0v) is 19.5. The van der Waals surface area contributed by atoms with Crippen molar-refractivity contribution in [2.75, 3.05) is 26.2 Å². The van der Waals surface area contributed by atoms with Crippen LogP contribution in [0.1, 0.15) is 66.2 Å². The van der Waals surface area contributed by atoms with E-state index in [4.69, 9.17) is 4.74 Å². The Labute approximate surface area is 189 Å². The normalized spacial score (nSPS) is 19.6. The highest BCUT2D eigenvalue weighted by Crippen LogP contribution is 2.46. The van der Waals surface area contributed by atoms with Gasteiger partial charge in [-0.2, -0.15) is 0 Å². The maximum Gasteiger partial charge on any atom is 0.264 e. The van der Waals surface area contributed by atoms with Gasteiger partial charge in [-0.05, 0) is 55.8 Å². The minimum Gasteiger partial charge on any atom is -0.487 e. The van der Waals surface area contributed by atoms with Gasteiger partial charge in [-0.15, -0.1) is 11.3 Å². The van der Waals surface area contributed by atoms with Crippen LogP contribution in [0.15, 0.2) is 35.7 Å². The first-order valence-corrected chi connectivity index (χ1v) is 12.2. The van der Waals surface area contributed by atoms with Crippen LogP contribution < -0.4 is 4.74 Å². The molecule has 166 valence electrons. The molecular weight excluding hydrogens is 408 g/mol. The molecule has 0 bridgehead atoms. The molecule has 2 aliphatic rings. The number of amides is 2. The van der Waals surface area contributed by atoms with E-state index in [9.17, 15) is 9.59 Å². The summed E-state index contributed by atoms with van der Waals surface area (Å²) in [6, 6.07) is 10.2. The van der Waals surface area contributed by atoms with E-state index in [1.165, 1.54) is 11.3 Å². The van der Waals surface area contributed by atoms with E-state index in [-0.39, 0.29) is 23.3 Å². The average molecular weight is 441 g/mol. The second-order valence-corrected chi connectivity index (χ2v) is 9.64. The molecule has 2 aliphatic heterocycles. The predicted octanol–water partition coefficient (Wildman–Crippen LogP) is 4.86. The molecule has 6 heteroatoms. The Morgan fingerprint density at radius 3 is 2.52 bits per heavy atom. The Hall–Kier alpha value is -2.34. The Morgan fingerprint density at radius 1 is 1.16 bits per heavy atom. The fraction of sp³-hybridized carbons (Fsp3) is 0.520. The fourth-order valence-electron chi connectivity index (χ4n) is 5.00. The van der Waals surface area contributed by atoms with E-state index >= 15 is 0 Å². The molecule has 1 fully saturated rings. The van der Waals surface area contributed by atoms with Crippen LogP contribution >= 0.6 is 11.3 Å². The first-order valence-electron chi connectivity index (χ1n) is 11.4. The highest BCUT2D eigenvalue weighted by molar-refractivity contribution is 7.12. The number of hydrogen-bond donors (Lipinski definition) is 0. The molecule has 1 aromatic carbocycles. The number of hydrogen-bond acceptors (Lipinski definition) is 4. The van der Waals surface area contributed by atoms with Gasteiger partial charge in [0.25, 0.3) is 5.91 Å². The molecule has 0 radical (unpaired) electrons. The molecule has 4 rings (SSSR count). The monoisotopic (exact) mass is 440 g/mol. The van der Waals surface area contributed by atoms with Crippen molar-refractivity contribution in [3.8, 4) is 5.75 Å². The van der Waals surface area contributed by atoms with Crippen LogP contribution in [-0.2, 0) is 4.79 Å². The predicted molar refractivity (Wildman–Crippen MR) is 124 cm³/mol. The van der Waals surface area contributed by atoms with Crippen molar-refractivity contribution in [3.63, 3.8) is 0 Å². The molecule has 2 amide bonds. The lowest BCUT2D eigenvalue weighted by Crippen LogP contribution is -2.52. The van der Waals surface area contributed by atoms with Crippen LogP contribution in [-0.4, -0.2) is 53.4 Å². The van der Waals surface area contributed by atoms with Gasteiger partial charge in [0.2, 0.25) is 5.91 Å². The summed E-state index contributed by atoms with van der Waals surface area (Å²) in [5.74, 6) is 1.40. The van der Waals surface area contributed by atoms with Crippen LogP contribution in [0.2, 0.25) is 0 Å². The number of carbonyl (C=O) groups is 2. The van der Waals surface area contributed by atoms with Gasteiger partial charge in [0, 0.05) is 51.4 Å². The quantitative estimate of drug-likeness (QED) is 0.667. The van der Waals surface area contributed by atoms with Gasteiger partial charge in [-0.3, -0.25) is 9.59 Å². The molecule has 0 saturated carbocycles. The summed E-state index contributed by atoms with van der Waals surface area (Å²) in [6.07, 6.45) is 2.94. The standard InChI is InChI=1S/C25H32N2O3S/c1-4-26(5-2)22(28)16-19-17-25(30-21-9-7-6-8-20(19)21)11-13-27(14-12-25)24(29)23-18(3)10-15-31-23/h6-10,15,19H,4-5,11-14,16-17H2,1-3H3/t19-/m0/s1. The zero-order chi connectivity index (χ0) is 22.0. The van der Waals surface area contributed by atoms with Gasteiger partial charge < -0.3 is 14.5 Å². The first kappa shape index (κ1) is 21.9. The molecule has 1 aromatic heterocycles. The molecule has 5 nitrogen and oxygen atoms in total. The zero-order valence-electron chi connectivity index (χ0n) is 18.7. The van der Waals surface area contributed by atoms with Crippen molar-refractivity contribution in [3.05, 3.63) is 51.7 Å². The molecule has 0 unspecified atom stereocenters. The highest BCUT2D eigenvalue weighted by Gasteiger charge is 2.44. The van der Waals surface area contributed by atoms with E-state index in [2.05, 4.69) is 6.07 Å². The molecule has 31 heavy (non-hydrogen) atoms. The van der Waals surface area contributed by atoms with Crippen molar-refractivity contribution in [2.24, 2.45) is 0 Å². The second-order valence-electron chi connectivity index (χ2n) is 8.72. The number of fused-ring (bicyclic) bond motifs is 1. The largest absolute Gasteiger partial charge is 0.487 e.